The molecule has 2 amide bonds. The third-order valence-corrected chi connectivity index (χ3v) is 4.41. The van der Waals surface area contributed by atoms with Crippen LogP contribution < -0.4 is 10.6 Å². The predicted octanol–water partition coefficient (Wildman–Crippen LogP) is 2.77. The van der Waals surface area contributed by atoms with Crippen molar-refractivity contribution < 1.29 is 19.0 Å². The average molecular weight is 345 g/mol. The zero-order valence-electron chi connectivity index (χ0n) is 13.0. The molecular weight excluding hydrogens is 323 g/mol. The first-order chi connectivity index (χ1) is 11.0. The minimum atomic E-state index is -1.00. The molecule has 1 aromatic rings. The van der Waals surface area contributed by atoms with Gasteiger partial charge in [-0.2, -0.15) is 0 Å². The number of hydrogen-bond donors (Lipinski definition) is 3. The Balaban J connectivity index is 1.82. The fourth-order valence-electron chi connectivity index (χ4n) is 2.79. The first-order valence-electron chi connectivity index (χ1n) is 7.71. The Hall–Kier alpha value is -1.37. The van der Waals surface area contributed by atoms with Crippen LogP contribution in [0.5, 0.6) is 0 Å². The molecule has 128 valence electrons. The highest BCUT2D eigenvalue weighted by Gasteiger charge is 2.26. The van der Waals surface area contributed by atoms with Gasteiger partial charge in [0.1, 0.15) is 5.82 Å². The Kier molecular flexibility index (Phi) is 6.62. The van der Waals surface area contributed by atoms with Gasteiger partial charge in [0.25, 0.3) is 0 Å². The SMILES string of the molecule is COC1CCCCC1NC(=O)NCC(O)c1ccc(Cl)c(F)c1. The van der Waals surface area contributed by atoms with Crippen molar-refractivity contribution in [1.82, 2.24) is 10.6 Å². The van der Waals surface area contributed by atoms with Gasteiger partial charge in [-0.05, 0) is 30.5 Å². The van der Waals surface area contributed by atoms with Crippen LogP contribution in [-0.2, 0) is 4.74 Å². The predicted molar refractivity (Wildman–Crippen MR) is 86.0 cm³/mol. The van der Waals surface area contributed by atoms with E-state index in [0.29, 0.717) is 5.56 Å². The summed E-state index contributed by atoms with van der Waals surface area (Å²) >= 11 is 5.60. The number of aliphatic hydroxyl groups is 1. The van der Waals surface area contributed by atoms with Crippen molar-refractivity contribution >= 4 is 17.6 Å². The van der Waals surface area contributed by atoms with Crippen LogP contribution in [-0.4, -0.2) is 36.9 Å². The van der Waals surface area contributed by atoms with Gasteiger partial charge in [0.15, 0.2) is 0 Å². The molecule has 3 unspecified atom stereocenters. The Bertz CT molecular complexity index is 544. The fraction of sp³-hybridized carbons (Fsp3) is 0.562. The van der Waals surface area contributed by atoms with Crippen molar-refractivity contribution in [3.8, 4) is 0 Å². The van der Waals surface area contributed by atoms with Gasteiger partial charge in [-0.15, -0.1) is 0 Å². The largest absolute Gasteiger partial charge is 0.387 e. The maximum Gasteiger partial charge on any atom is 0.315 e. The summed E-state index contributed by atoms with van der Waals surface area (Å²) in [5.74, 6) is -0.599. The number of halogens is 2. The van der Waals surface area contributed by atoms with E-state index in [0.717, 1.165) is 31.7 Å². The number of carbonyl (C=O) groups excluding carboxylic acids is 1. The van der Waals surface area contributed by atoms with Gasteiger partial charge < -0.3 is 20.5 Å². The lowest BCUT2D eigenvalue weighted by Gasteiger charge is -2.31. The number of ether oxygens (including phenoxy) is 1. The van der Waals surface area contributed by atoms with Gasteiger partial charge in [-0.1, -0.05) is 30.5 Å². The summed E-state index contributed by atoms with van der Waals surface area (Å²) in [7, 11) is 1.64. The number of aliphatic hydroxyl groups excluding tert-OH is 1. The Morgan fingerprint density at radius 1 is 1.48 bits per heavy atom. The Morgan fingerprint density at radius 3 is 2.91 bits per heavy atom. The van der Waals surface area contributed by atoms with Crippen LogP contribution in [0.1, 0.15) is 37.4 Å². The molecule has 1 saturated carbocycles. The van der Waals surface area contributed by atoms with Crippen LogP contribution in [0.4, 0.5) is 9.18 Å². The third-order valence-electron chi connectivity index (χ3n) is 4.11. The van der Waals surface area contributed by atoms with E-state index in [1.807, 2.05) is 0 Å². The molecule has 0 bridgehead atoms. The van der Waals surface area contributed by atoms with Gasteiger partial charge >= 0.3 is 6.03 Å². The first-order valence-corrected chi connectivity index (χ1v) is 8.09. The average Bonchev–Trinajstić information content (AvgIpc) is 2.55. The molecule has 0 radical (unpaired) electrons. The summed E-state index contributed by atoms with van der Waals surface area (Å²) in [6, 6.07) is 3.67. The highest BCUT2D eigenvalue weighted by Crippen LogP contribution is 2.21. The zero-order valence-corrected chi connectivity index (χ0v) is 13.8. The smallest absolute Gasteiger partial charge is 0.315 e. The van der Waals surface area contributed by atoms with Crippen molar-refractivity contribution in [1.29, 1.82) is 0 Å². The molecule has 3 atom stereocenters. The summed E-state index contributed by atoms with van der Waals surface area (Å²) in [6.45, 7) is -0.0166. The van der Waals surface area contributed by atoms with E-state index in [4.69, 9.17) is 16.3 Å². The number of urea groups is 1. The highest BCUT2D eigenvalue weighted by molar-refractivity contribution is 6.30. The number of amides is 2. The maximum absolute atomic E-state index is 13.4. The Morgan fingerprint density at radius 2 is 2.22 bits per heavy atom. The van der Waals surface area contributed by atoms with Crippen LogP contribution in [0.3, 0.4) is 0 Å². The lowest BCUT2D eigenvalue weighted by atomic mass is 9.92. The molecule has 0 heterocycles. The number of nitrogens with one attached hydrogen (secondary N) is 2. The number of carbonyl (C=O) groups is 1. The van der Waals surface area contributed by atoms with Crippen molar-refractivity contribution in [2.24, 2.45) is 0 Å². The van der Waals surface area contributed by atoms with Crippen LogP contribution in [0, 0.1) is 5.82 Å². The molecule has 0 aliphatic heterocycles. The standard InChI is InChI=1S/C16H22ClFN2O3/c1-23-15-5-3-2-4-13(15)20-16(22)19-9-14(21)10-6-7-11(17)12(18)8-10/h6-8,13-15,21H,2-5,9H2,1H3,(H2,19,20,22). The molecule has 0 spiro atoms. The second kappa shape index (κ2) is 8.47. The molecule has 3 N–H and O–H groups in total. The van der Waals surface area contributed by atoms with Crippen molar-refractivity contribution in [2.45, 2.75) is 43.9 Å². The van der Waals surface area contributed by atoms with Gasteiger partial charge in [0.05, 0.1) is 23.3 Å². The van der Waals surface area contributed by atoms with E-state index in [1.165, 1.54) is 12.1 Å². The number of methoxy groups -OCH3 is 1. The van der Waals surface area contributed by atoms with Crippen LogP contribution in [0.2, 0.25) is 5.02 Å². The summed E-state index contributed by atoms with van der Waals surface area (Å²) in [5, 5.41) is 15.5. The highest BCUT2D eigenvalue weighted by atomic mass is 35.5. The van der Waals surface area contributed by atoms with Crippen molar-refractivity contribution in [3.05, 3.63) is 34.6 Å². The van der Waals surface area contributed by atoms with Crippen molar-refractivity contribution in [3.63, 3.8) is 0 Å². The minimum Gasteiger partial charge on any atom is -0.387 e. The molecule has 23 heavy (non-hydrogen) atoms. The molecule has 1 aliphatic rings. The third kappa shape index (κ3) is 5.06. The molecule has 0 aromatic heterocycles. The summed E-state index contributed by atoms with van der Waals surface area (Å²) in [5.41, 5.74) is 0.361. The normalized spacial score (nSPS) is 22.4. The van der Waals surface area contributed by atoms with Gasteiger partial charge in [-0.25, -0.2) is 9.18 Å². The van der Waals surface area contributed by atoms with E-state index in [1.54, 1.807) is 7.11 Å². The van der Waals surface area contributed by atoms with E-state index >= 15 is 0 Å². The van der Waals surface area contributed by atoms with E-state index in [-0.39, 0.29) is 29.7 Å². The van der Waals surface area contributed by atoms with Crippen LogP contribution >= 0.6 is 11.6 Å². The summed E-state index contributed by atoms with van der Waals surface area (Å²) < 4.78 is 18.8. The molecule has 1 fully saturated rings. The van der Waals surface area contributed by atoms with E-state index < -0.39 is 11.9 Å². The lowest BCUT2D eigenvalue weighted by molar-refractivity contribution is 0.0450. The topological polar surface area (TPSA) is 70.6 Å². The van der Waals surface area contributed by atoms with Gasteiger partial charge in [0, 0.05) is 13.7 Å². The number of rotatable bonds is 5. The molecular formula is C16H22ClFN2O3. The zero-order chi connectivity index (χ0) is 16.8. The molecule has 5 nitrogen and oxygen atoms in total. The molecule has 0 saturated heterocycles. The van der Waals surface area contributed by atoms with Crippen molar-refractivity contribution in [2.75, 3.05) is 13.7 Å². The number of hydrogen-bond acceptors (Lipinski definition) is 3. The van der Waals surface area contributed by atoms with E-state index in [2.05, 4.69) is 10.6 Å². The van der Waals surface area contributed by atoms with Gasteiger partial charge in [0.2, 0.25) is 0 Å². The first kappa shape index (κ1) is 18.0. The maximum atomic E-state index is 13.4. The van der Waals surface area contributed by atoms with Crippen LogP contribution in [0.25, 0.3) is 0 Å². The molecule has 2 rings (SSSR count). The monoisotopic (exact) mass is 344 g/mol. The summed E-state index contributed by atoms with van der Waals surface area (Å²) in [4.78, 5) is 11.9. The van der Waals surface area contributed by atoms with E-state index in [9.17, 15) is 14.3 Å². The lowest BCUT2D eigenvalue weighted by Crippen LogP contribution is -2.50. The van der Waals surface area contributed by atoms with Crippen LogP contribution in [0.15, 0.2) is 18.2 Å². The second-order valence-electron chi connectivity index (χ2n) is 5.71. The number of benzene rings is 1. The summed E-state index contributed by atoms with van der Waals surface area (Å²) in [6.07, 6.45) is 2.96. The fourth-order valence-corrected chi connectivity index (χ4v) is 2.91. The second-order valence-corrected chi connectivity index (χ2v) is 6.12. The molecule has 1 aromatic carbocycles. The Labute approximate surface area is 140 Å². The molecule has 1 aliphatic carbocycles. The van der Waals surface area contributed by atoms with Gasteiger partial charge in [-0.3, -0.25) is 0 Å². The minimum absolute atomic E-state index is 0.00504. The molecule has 7 heteroatoms. The quantitative estimate of drug-likeness (QED) is 0.769.